The lowest BCUT2D eigenvalue weighted by atomic mass is 9.96. The van der Waals surface area contributed by atoms with E-state index in [1.165, 1.54) is 17.9 Å². The van der Waals surface area contributed by atoms with Crippen LogP contribution in [-0.2, 0) is 10.9 Å². The Kier molecular flexibility index (Phi) is 5.41. The lowest BCUT2D eigenvalue weighted by molar-refractivity contribution is -0.138. The Labute approximate surface area is 149 Å². The maximum Gasteiger partial charge on any atom is 0.416 e. The van der Waals surface area contributed by atoms with Crippen LogP contribution in [0.4, 0.5) is 23.7 Å². The number of fused-ring (bicyclic) bond motifs is 1. The van der Waals surface area contributed by atoms with Crippen molar-refractivity contribution in [2.24, 2.45) is 5.11 Å². The highest BCUT2D eigenvalue weighted by atomic mass is 19.4. The van der Waals surface area contributed by atoms with Crippen molar-refractivity contribution in [3.8, 4) is 0 Å². The van der Waals surface area contributed by atoms with Crippen LogP contribution in [0, 0.1) is 6.92 Å². The van der Waals surface area contributed by atoms with E-state index in [1.54, 1.807) is 20.8 Å². The fourth-order valence-corrected chi connectivity index (χ4v) is 2.93. The first kappa shape index (κ1) is 19.9. The molecule has 1 amide bonds. The summed E-state index contributed by atoms with van der Waals surface area (Å²) in [6.45, 7) is 6.58. The molecule has 2 rings (SSSR count). The highest BCUT2D eigenvalue weighted by molar-refractivity contribution is 5.89. The fraction of sp³-hybridized carbons (Fsp3) is 0.588. The van der Waals surface area contributed by atoms with Crippen molar-refractivity contribution in [1.29, 1.82) is 0 Å². The van der Waals surface area contributed by atoms with Gasteiger partial charge in [-0.2, -0.15) is 13.2 Å². The van der Waals surface area contributed by atoms with E-state index in [1.807, 2.05) is 0 Å². The molecule has 1 unspecified atom stereocenters. The number of ether oxygens (including phenoxy) is 1. The van der Waals surface area contributed by atoms with E-state index in [4.69, 9.17) is 10.3 Å². The number of aryl methyl sites for hydroxylation is 1. The highest BCUT2D eigenvalue weighted by Gasteiger charge is 2.36. The van der Waals surface area contributed by atoms with Gasteiger partial charge < -0.3 is 4.74 Å². The molecular formula is C17H21F3N4O2. The Morgan fingerprint density at radius 1 is 1.35 bits per heavy atom. The van der Waals surface area contributed by atoms with Gasteiger partial charge in [-0.05, 0) is 63.3 Å². The molecule has 0 bridgehead atoms. The summed E-state index contributed by atoms with van der Waals surface area (Å²) in [6.07, 6.45) is -4.38. The summed E-state index contributed by atoms with van der Waals surface area (Å²) in [5.74, 6) is 0. The summed E-state index contributed by atoms with van der Waals surface area (Å²) in [6, 6.07) is 1.66. The van der Waals surface area contributed by atoms with Crippen molar-refractivity contribution >= 4 is 11.8 Å². The van der Waals surface area contributed by atoms with Gasteiger partial charge in [0.25, 0.3) is 0 Å². The Hall–Kier alpha value is -2.41. The molecule has 26 heavy (non-hydrogen) atoms. The van der Waals surface area contributed by atoms with E-state index in [-0.39, 0.29) is 17.8 Å². The standard InChI is InChI=1S/C17H21F3N4O2/c1-10-8-11-13(22-23-21)6-5-7-24(15(25)26-16(2,3)4)14(11)9-12(10)17(18,19)20/h8-9,13H,5-7H2,1-4H3. The first-order valence-electron chi connectivity index (χ1n) is 8.20. The van der Waals surface area contributed by atoms with Crippen LogP contribution >= 0.6 is 0 Å². The van der Waals surface area contributed by atoms with Gasteiger partial charge in [0, 0.05) is 11.5 Å². The van der Waals surface area contributed by atoms with Gasteiger partial charge in [-0.1, -0.05) is 11.2 Å². The van der Waals surface area contributed by atoms with Gasteiger partial charge in [-0.15, -0.1) is 0 Å². The predicted octanol–water partition coefficient (Wildman–Crippen LogP) is 5.90. The molecule has 0 saturated heterocycles. The number of halogens is 3. The number of alkyl halides is 3. The molecule has 1 heterocycles. The number of hydrogen-bond acceptors (Lipinski definition) is 3. The fourth-order valence-electron chi connectivity index (χ4n) is 2.93. The second-order valence-corrected chi connectivity index (χ2v) is 7.22. The van der Waals surface area contributed by atoms with E-state index in [0.717, 1.165) is 6.07 Å². The van der Waals surface area contributed by atoms with E-state index >= 15 is 0 Å². The highest BCUT2D eigenvalue weighted by Crippen LogP contribution is 2.42. The van der Waals surface area contributed by atoms with E-state index in [0.29, 0.717) is 18.4 Å². The van der Waals surface area contributed by atoms with Crippen LogP contribution in [0.15, 0.2) is 17.2 Å². The van der Waals surface area contributed by atoms with Crippen molar-refractivity contribution in [1.82, 2.24) is 0 Å². The second-order valence-electron chi connectivity index (χ2n) is 7.22. The van der Waals surface area contributed by atoms with E-state index < -0.39 is 29.5 Å². The van der Waals surface area contributed by atoms with E-state index in [2.05, 4.69) is 10.0 Å². The summed E-state index contributed by atoms with van der Waals surface area (Å²) in [5, 5.41) is 3.71. The van der Waals surface area contributed by atoms with E-state index in [9.17, 15) is 18.0 Å². The van der Waals surface area contributed by atoms with Crippen LogP contribution in [0.1, 0.15) is 56.3 Å². The molecule has 1 atom stereocenters. The molecule has 0 spiro atoms. The van der Waals surface area contributed by atoms with Gasteiger partial charge in [0.2, 0.25) is 0 Å². The largest absolute Gasteiger partial charge is 0.443 e. The summed E-state index contributed by atoms with van der Waals surface area (Å²) in [7, 11) is 0. The zero-order valence-electron chi connectivity index (χ0n) is 15.1. The van der Waals surface area contributed by atoms with Gasteiger partial charge in [0.15, 0.2) is 0 Å². The van der Waals surface area contributed by atoms with Crippen LogP contribution in [0.2, 0.25) is 0 Å². The van der Waals surface area contributed by atoms with Crippen LogP contribution in [0.3, 0.4) is 0 Å². The molecule has 0 saturated carbocycles. The molecule has 9 heteroatoms. The number of anilines is 1. The number of carbonyl (C=O) groups excluding carboxylic acids is 1. The minimum Gasteiger partial charge on any atom is -0.443 e. The Balaban J connectivity index is 2.63. The van der Waals surface area contributed by atoms with Gasteiger partial charge >= 0.3 is 12.3 Å². The number of hydrogen-bond donors (Lipinski definition) is 0. The van der Waals surface area contributed by atoms with Crippen molar-refractivity contribution in [3.05, 3.63) is 39.3 Å². The number of amides is 1. The Bertz CT molecular complexity index is 750. The molecule has 0 aromatic heterocycles. The molecule has 6 nitrogen and oxygen atoms in total. The number of benzene rings is 1. The molecule has 0 aliphatic carbocycles. The third-order valence-electron chi connectivity index (χ3n) is 3.99. The average molecular weight is 370 g/mol. The quantitative estimate of drug-likeness (QED) is 0.350. The van der Waals surface area contributed by atoms with Crippen molar-refractivity contribution in [3.63, 3.8) is 0 Å². The van der Waals surface area contributed by atoms with Crippen LogP contribution in [-0.4, -0.2) is 18.2 Å². The molecule has 1 aromatic carbocycles. The zero-order chi connectivity index (χ0) is 19.7. The molecule has 0 fully saturated rings. The van der Waals surface area contributed by atoms with Crippen molar-refractivity contribution in [2.45, 2.75) is 58.4 Å². The summed E-state index contributed by atoms with van der Waals surface area (Å²) >= 11 is 0. The minimum atomic E-state index is -4.56. The first-order chi connectivity index (χ1) is 11.9. The van der Waals surface area contributed by atoms with Crippen LogP contribution in [0.5, 0.6) is 0 Å². The molecule has 1 aromatic rings. The third-order valence-corrected chi connectivity index (χ3v) is 3.99. The number of carbonyl (C=O) groups is 1. The molecule has 1 aliphatic heterocycles. The Morgan fingerprint density at radius 2 is 2.00 bits per heavy atom. The number of azide groups is 1. The number of nitrogens with zero attached hydrogens (tertiary/aromatic N) is 4. The van der Waals surface area contributed by atoms with Crippen LogP contribution < -0.4 is 4.90 Å². The Morgan fingerprint density at radius 3 is 2.54 bits per heavy atom. The average Bonchev–Trinajstić information content (AvgIpc) is 2.64. The summed E-state index contributed by atoms with van der Waals surface area (Å²) < 4.78 is 45.4. The maximum atomic E-state index is 13.3. The molecule has 0 N–H and O–H groups in total. The summed E-state index contributed by atoms with van der Waals surface area (Å²) in [5.41, 5.74) is 7.67. The third kappa shape index (κ3) is 4.40. The van der Waals surface area contributed by atoms with Gasteiger partial charge in [0.1, 0.15) is 5.60 Å². The predicted molar refractivity (Wildman–Crippen MR) is 90.9 cm³/mol. The van der Waals surface area contributed by atoms with Crippen LogP contribution in [0.25, 0.3) is 10.4 Å². The van der Waals surface area contributed by atoms with Gasteiger partial charge in [-0.3, -0.25) is 4.90 Å². The molecule has 0 radical (unpaired) electrons. The lowest BCUT2D eigenvalue weighted by Crippen LogP contribution is -2.37. The molecular weight excluding hydrogens is 349 g/mol. The minimum absolute atomic E-state index is 0.0143. The van der Waals surface area contributed by atoms with Crippen molar-refractivity contribution < 1.29 is 22.7 Å². The second kappa shape index (κ2) is 7.07. The zero-order valence-corrected chi connectivity index (χ0v) is 15.1. The van der Waals surface area contributed by atoms with Gasteiger partial charge in [-0.25, -0.2) is 4.79 Å². The molecule has 142 valence electrons. The maximum absolute atomic E-state index is 13.3. The summed E-state index contributed by atoms with van der Waals surface area (Å²) in [4.78, 5) is 16.6. The normalized spacial score (nSPS) is 17.8. The first-order valence-corrected chi connectivity index (χ1v) is 8.20. The smallest absolute Gasteiger partial charge is 0.416 e. The van der Waals surface area contributed by atoms with Gasteiger partial charge in [0.05, 0.1) is 17.3 Å². The monoisotopic (exact) mass is 370 g/mol. The number of rotatable bonds is 1. The topological polar surface area (TPSA) is 78.3 Å². The molecule has 1 aliphatic rings. The SMILES string of the molecule is Cc1cc2c(cc1C(F)(F)F)N(C(=O)OC(C)(C)C)CCCC2N=[N+]=[N-]. The lowest BCUT2D eigenvalue weighted by Gasteiger charge is -2.28. The van der Waals surface area contributed by atoms with Crippen molar-refractivity contribution in [2.75, 3.05) is 11.4 Å².